The number of piperidine rings is 1. The molecule has 6 nitrogen and oxygen atoms in total. The smallest absolute Gasteiger partial charge is 0.191 e. The van der Waals surface area contributed by atoms with Gasteiger partial charge in [0.15, 0.2) is 11.1 Å². The summed E-state index contributed by atoms with van der Waals surface area (Å²) in [5.74, 6) is 1.52. The number of benzene rings is 1. The zero-order chi connectivity index (χ0) is 20.1. The van der Waals surface area contributed by atoms with Gasteiger partial charge in [-0.25, -0.2) is 9.98 Å². The van der Waals surface area contributed by atoms with Gasteiger partial charge in [0.2, 0.25) is 0 Å². The van der Waals surface area contributed by atoms with Crippen LogP contribution < -0.4 is 10.6 Å². The van der Waals surface area contributed by atoms with E-state index >= 15 is 0 Å². The van der Waals surface area contributed by atoms with E-state index in [0.29, 0.717) is 12.5 Å². The number of halogens is 1. The van der Waals surface area contributed by atoms with Gasteiger partial charge < -0.3 is 15.5 Å². The van der Waals surface area contributed by atoms with Crippen molar-refractivity contribution in [3.8, 4) is 0 Å². The predicted molar refractivity (Wildman–Crippen MR) is 137 cm³/mol. The first-order valence-electron chi connectivity index (χ1n) is 10.7. The topological polar surface area (TPSA) is 61.0 Å². The molecular weight excluding hydrogens is 507 g/mol. The monoisotopic (exact) mass is 540 g/mol. The summed E-state index contributed by atoms with van der Waals surface area (Å²) < 4.78 is 0. The summed E-state index contributed by atoms with van der Waals surface area (Å²) in [6.07, 6.45) is 4.48. The maximum atomic E-state index is 6.34. The summed E-state index contributed by atoms with van der Waals surface area (Å²) >= 11 is 1.69. The Kier molecular flexibility index (Phi) is 8.76. The van der Waals surface area contributed by atoms with Crippen LogP contribution >= 0.6 is 35.3 Å². The average molecular weight is 541 g/mol. The summed E-state index contributed by atoms with van der Waals surface area (Å²) in [5.41, 5.74) is 9.01. The molecule has 164 valence electrons. The number of hydrogen-bond acceptors (Lipinski definition) is 5. The van der Waals surface area contributed by atoms with E-state index in [1.807, 2.05) is 11.6 Å². The van der Waals surface area contributed by atoms with Gasteiger partial charge in [0.1, 0.15) is 0 Å². The Labute approximate surface area is 201 Å². The summed E-state index contributed by atoms with van der Waals surface area (Å²) in [4.78, 5) is 16.2. The van der Waals surface area contributed by atoms with Crippen molar-refractivity contribution >= 4 is 46.4 Å². The highest BCUT2D eigenvalue weighted by Gasteiger charge is 2.20. The van der Waals surface area contributed by atoms with E-state index in [0.717, 1.165) is 43.8 Å². The van der Waals surface area contributed by atoms with Crippen LogP contribution in [0.4, 0.5) is 5.13 Å². The van der Waals surface area contributed by atoms with Crippen LogP contribution in [-0.4, -0.2) is 60.0 Å². The maximum Gasteiger partial charge on any atom is 0.191 e. The molecule has 1 aromatic heterocycles. The fraction of sp³-hybridized carbons (Fsp3) is 0.545. The van der Waals surface area contributed by atoms with Gasteiger partial charge in [-0.3, -0.25) is 4.90 Å². The molecule has 2 fully saturated rings. The van der Waals surface area contributed by atoms with E-state index < -0.39 is 0 Å². The van der Waals surface area contributed by atoms with Gasteiger partial charge in [-0.15, -0.1) is 35.3 Å². The van der Waals surface area contributed by atoms with Gasteiger partial charge in [-0.1, -0.05) is 31.2 Å². The number of guanidine groups is 1. The predicted octanol–water partition coefficient (Wildman–Crippen LogP) is 3.63. The van der Waals surface area contributed by atoms with Crippen LogP contribution in [0.25, 0.3) is 0 Å². The van der Waals surface area contributed by atoms with Crippen LogP contribution in [0.2, 0.25) is 0 Å². The van der Waals surface area contributed by atoms with Crippen molar-refractivity contribution in [2.75, 3.05) is 44.2 Å². The Balaban J connectivity index is 0.00000256. The summed E-state index contributed by atoms with van der Waals surface area (Å²) in [6, 6.07) is 8.68. The number of hydrogen-bond donors (Lipinski definition) is 1. The number of nitrogens with two attached hydrogens (primary N) is 1. The number of anilines is 1. The van der Waals surface area contributed by atoms with E-state index in [1.54, 1.807) is 11.3 Å². The number of nitrogens with zero attached hydrogens (tertiary/aromatic N) is 5. The van der Waals surface area contributed by atoms with Crippen molar-refractivity contribution in [2.24, 2.45) is 16.6 Å². The minimum Gasteiger partial charge on any atom is -0.370 e. The minimum absolute atomic E-state index is 0. The number of aliphatic imine (C=N–C) groups is 1. The second-order valence-electron chi connectivity index (χ2n) is 8.19. The zero-order valence-corrected chi connectivity index (χ0v) is 20.9. The van der Waals surface area contributed by atoms with E-state index in [1.165, 1.54) is 37.1 Å². The summed E-state index contributed by atoms with van der Waals surface area (Å²) in [6.45, 7) is 10.1. The average Bonchev–Trinajstić information content (AvgIpc) is 3.30. The molecule has 2 aliphatic rings. The maximum absolute atomic E-state index is 6.34. The van der Waals surface area contributed by atoms with Crippen LogP contribution in [0.3, 0.4) is 0 Å². The Morgan fingerprint density at radius 2 is 1.80 bits per heavy atom. The van der Waals surface area contributed by atoms with Gasteiger partial charge in [-0.05, 0) is 43.0 Å². The molecule has 0 spiro atoms. The number of aromatic nitrogens is 1. The first kappa shape index (κ1) is 23.3. The van der Waals surface area contributed by atoms with E-state index in [-0.39, 0.29) is 24.0 Å². The molecule has 0 amide bonds. The van der Waals surface area contributed by atoms with E-state index in [4.69, 9.17) is 10.7 Å². The van der Waals surface area contributed by atoms with Crippen molar-refractivity contribution in [2.45, 2.75) is 32.9 Å². The third kappa shape index (κ3) is 6.07. The molecule has 0 saturated carbocycles. The van der Waals surface area contributed by atoms with E-state index in [2.05, 4.69) is 50.9 Å². The number of likely N-dealkylation sites (tertiary alicyclic amines) is 1. The molecular formula is C22H33IN6S. The van der Waals surface area contributed by atoms with Crippen LogP contribution in [0.1, 0.15) is 30.9 Å². The first-order chi connectivity index (χ1) is 14.2. The molecule has 3 heterocycles. The van der Waals surface area contributed by atoms with Crippen molar-refractivity contribution in [3.63, 3.8) is 0 Å². The van der Waals surface area contributed by atoms with Crippen LogP contribution in [-0.2, 0) is 13.1 Å². The molecule has 2 aliphatic heterocycles. The normalized spacial score (nSPS) is 19.0. The standard InChI is InChI=1S/C22H32N6S.HI/c1-18-6-9-26(10-7-18)17-20-5-3-2-4-19(20)16-25-21(23)27-11-13-28(14-12-27)22-24-8-15-29-22;/h2-5,8,15,18H,6-7,9-14,16-17H2,1H3,(H2,23,25);1H. The Hall–Kier alpha value is -1.39. The SMILES string of the molecule is CC1CCN(Cc2ccccc2CN=C(N)N2CCN(c3nccs3)CC2)CC1.I. The second kappa shape index (κ2) is 11.3. The van der Waals surface area contributed by atoms with Gasteiger partial charge >= 0.3 is 0 Å². The molecule has 8 heteroatoms. The molecule has 2 aromatic rings. The molecule has 4 rings (SSSR count). The highest BCUT2D eigenvalue weighted by Crippen LogP contribution is 2.21. The third-order valence-corrected chi connectivity index (χ3v) is 6.93. The fourth-order valence-corrected chi connectivity index (χ4v) is 4.79. The van der Waals surface area contributed by atoms with E-state index in [9.17, 15) is 0 Å². The molecule has 30 heavy (non-hydrogen) atoms. The lowest BCUT2D eigenvalue weighted by molar-refractivity contribution is 0.185. The molecule has 0 bridgehead atoms. The van der Waals surface area contributed by atoms with Crippen LogP contribution in [0, 0.1) is 5.92 Å². The van der Waals surface area contributed by atoms with Crippen molar-refractivity contribution in [1.29, 1.82) is 0 Å². The van der Waals surface area contributed by atoms with Crippen molar-refractivity contribution in [1.82, 2.24) is 14.8 Å². The lowest BCUT2D eigenvalue weighted by Crippen LogP contribution is -2.51. The molecule has 1 aromatic carbocycles. The number of thiazole rings is 1. The Bertz CT molecular complexity index is 796. The lowest BCUT2D eigenvalue weighted by atomic mass is 9.98. The minimum atomic E-state index is 0. The summed E-state index contributed by atoms with van der Waals surface area (Å²) in [5, 5.41) is 3.13. The lowest BCUT2D eigenvalue weighted by Gasteiger charge is -2.35. The van der Waals surface area contributed by atoms with Crippen LogP contribution in [0.15, 0.2) is 40.8 Å². The van der Waals surface area contributed by atoms with Crippen molar-refractivity contribution < 1.29 is 0 Å². The van der Waals surface area contributed by atoms with Gasteiger partial charge in [0.25, 0.3) is 0 Å². The first-order valence-corrected chi connectivity index (χ1v) is 11.6. The molecule has 0 aliphatic carbocycles. The zero-order valence-electron chi connectivity index (χ0n) is 17.7. The second-order valence-corrected chi connectivity index (χ2v) is 9.06. The molecule has 0 atom stereocenters. The largest absolute Gasteiger partial charge is 0.370 e. The Morgan fingerprint density at radius 3 is 2.47 bits per heavy atom. The Morgan fingerprint density at radius 1 is 1.10 bits per heavy atom. The summed E-state index contributed by atoms with van der Waals surface area (Å²) in [7, 11) is 0. The highest BCUT2D eigenvalue weighted by atomic mass is 127. The quantitative estimate of drug-likeness (QED) is 0.357. The van der Waals surface area contributed by atoms with Gasteiger partial charge in [0.05, 0.1) is 6.54 Å². The third-order valence-electron chi connectivity index (χ3n) is 6.09. The molecule has 2 N–H and O–H groups in total. The van der Waals surface area contributed by atoms with Crippen molar-refractivity contribution in [3.05, 3.63) is 47.0 Å². The molecule has 0 unspecified atom stereocenters. The fourth-order valence-electron chi connectivity index (χ4n) is 4.09. The van der Waals surface area contributed by atoms with Gasteiger partial charge in [-0.2, -0.15) is 0 Å². The van der Waals surface area contributed by atoms with Gasteiger partial charge in [0, 0.05) is 44.3 Å². The number of rotatable bonds is 5. The molecule has 2 saturated heterocycles. The van der Waals surface area contributed by atoms with Crippen LogP contribution in [0.5, 0.6) is 0 Å². The highest BCUT2D eigenvalue weighted by molar-refractivity contribution is 14.0. The molecule has 0 radical (unpaired) electrons. The number of piperazine rings is 1.